The van der Waals surface area contributed by atoms with Crippen molar-refractivity contribution >= 4 is 45.0 Å². The summed E-state index contributed by atoms with van der Waals surface area (Å²) in [6, 6.07) is 13.1. The smallest absolute Gasteiger partial charge is 0.403 e. The summed E-state index contributed by atoms with van der Waals surface area (Å²) in [6.07, 6.45) is -8.41. The third-order valence-electron chi connectivity index (χ3n) is 13.5. The van der Waals surface area contributed by atoms with Crippen LogP contribution in [-0.2, 0) is 46.4 Å². The number of phosphoric ester groups is 2. The summed E-state index contributed by atoms with van der Waals surface area (Å²) >= 11 is 0. The second-order valence-electron chi connectivity index (χ2n) is 18.8. The normalized spacial score (nSPS) is 24.2. The summed E-state index contributed by atoms with van der Waals surface area (Å²) in [5.41, 5.74) is -0.228. The van der Waals surface area contributed by atoms with Gasteiger partial charge >= 0.3 is 28.3 Å². The fraction of sp³-hybridized carbons (Fsp3) is 0.312. The largest absolute Gasteiger partial charge is 0.604 e. The van der Waals surface area contributed by atoms with Crippen molar-refractivity contribution in [2.24, 2.45) is 27.7 Å². The van der Waals surface area contributed by atoms with Crippen molar-refractivity contribution in [3.05, 3.63) is 124 Å². The van der Waals surface area contributed by atoms with Gasteiger partial charge in [0.15, 0.2) is 21.9 Å². The number of phenols is 1. The first-order chi connectivity index (χ1) is 40.7. The molecule has 0 amide bonds. The van der Waals surface area contributed by atoms with Gasteiger partial charge in [0.1, 0.15) is 79.5 Å². The molecule has 2 aromatic carbocycles. The van der Waals surface area contributed by atoms with Gasteiger partial charge in [-0.3, -0.25) is 29.3 Å². The number of nitrogens with two attached hydrogens (primary N) is 3. The number of phosphoric acid groups is 2. The standard InChI is InChI=1S/C48H51N13O22P2/c49-37-7-10-59(46(68)55-37)40-16-29(65)35(77-40)20-73-84(71,82-52)81-33-18-42(78-36(33)21-74-85(72,83-53)80-32-17-41(76-34(32)19-62)60-11-8-38(50)56-47(60)69)61-12-9-39(58-48(61)70)57-45(67)54-22-1-4-25(28(13-22)44(66)79-51)43-26-5-2-23(63)14-30(26)75-31-15-24(64)3-6-27(31)43/h1-15,29,32-36,40-42,62-63,65H,16-21,51-53H2,(H2,49,55,68)(H2,50,56,69)(H2,54,57,58,67,70)/t29-,32-,33-,34+,35+,36+,40+,41+,42+,84?,85?/m0/s1. The van der Waals surface area contributed by atoms with Crippen LogP contribution in [0, 0.1) is 10.8 Å². The first-order valence-electron chi connectivity index (χ1n) is 25.1. The zero-order valence-corrected chi connectivity index (χ0v) is 45.3. The minimum atomic E-state index is -4.94. The Morgan fingerprint density at radius 3 is 1.88 bits per heavy atom. The molecule has 35 nitrogen and oxygen atoms in total. The van der Waals surface area contributed by atoms with Crippen molar-refractivity contribution in [3.8, 4) is 46.2 Å². The minimum absolute atomic E-state index is 0.0586. The number of ether oxygens (including phenoxy) is 3. The molecule has 15 N–H and O–H groups in total. The summed E-state index contributed by atoms with van der Waals surface area (Å²) in [6.45, 7) is -2.24. The molecule has 450 valence electrons. The monoisotopic (exact) mass is 1220 g/mol. The lowest BCUT2D eigenvalue weighted by Gasteiger charge is -2.29. The molecule has 5 aliphatic rings. The molecule has 85 heavy (non-hydrogen) atoms. The summed E-state index contributed by atoms with van der Waals surface area (Å²) in [4.78, 5) is 77.7. The number of rotatable bonds is 19. The van der Waals surface area contributed by atoms with E-state index in [1.165, 1.54) is 85.3 Å². The van der Waals surface area contributed by atoms with E-state index in [9.17, 15) is 55.1 Å². The number of hydrogen-bond acceptors (Lipinski definition) is 30. The third-order valence-corrected chi connectivity index (χ3v) is 16.0. The summed E-state index contributed by atoms with van der Waals surface area (Å²) in [5.74, 6) is 15.2. The molecule has 7 heterocycles. The molecule has 37 heteroatoms. The Morgan fingerprint density at radius 1 is 0.718 bits per heavy atom. The zero-order chi connectivity index (χ0) is 60.5. The SMILES string of the molecule is N=c1ccn([C@H]2C[C@H](O[P+]([O-])(ON)OC[C@H]3O[C@@H](n4ccc(=NC(O)=Nc5ccc(-c6c7ccc(=O)cc-7oc7cc(O)ccc67)c(C(=O)ON)c5)nc4O)C[C@@H]3O[P+]([O-])(ON)OC[C@H]3O[C@@H](n4ccc(=N)nc4O)C[C@@H]3O)[C@@H](CO)O2)c(O)n1. The first kappa shape index (κ1) is 60.3. The third kappa shape index (κ3) is 13.2. The lowest BCUT2D eigenvalue weighted by atomic mass is 9.90. The molecule has 10 rings (SSSR count). The van der Waals surface area contributed by atoms with Gasteiger partial charge in [-0.15, -0.1) is 0 Å². The van der Waals surface area contributed by atoms with E-state index in [-0.39, 0.29) is 68.6 Å². The van der Waals surface area contributed by atoms with E-state index in [1.807, 2.05) is 0 Å². The summed E-state index contributed by atoms with van der Waals surface area (Å²) in [5, 5.41) is 89.9. The lowest BCUT2D eigenvalue weighted by molar-refractivity contribution is -0.262. The fourth-order valence-corrected chi connectivity index (χ4v) is 11.7. The number of phenolic OH excluding ortho intramolecular Hbond substituents is 1. The number of nitrogens with one attached hydrogen (secondary N) is 2. The number of carbonyl (C=O) groups excluding carboxylic acids is 1. The predicted octanol–water partition coefficient (Wildman–Crippen LogP) is -0.611. The molecule has 0 bridgehead atoms. The molecule has 5 aromatic rings. The van der Waals surface area contributed by atoms with Crippen molar-refractivity contribution in [2.45, 2.75) is 74.6 Å². The molecule has 4 aliphatic heterocycles. The van der Waals surface area contributed by atoms with Crippen molar-refractivity contribution in [3.63, 3.8) is 0 Å². The van der Waals surface area contributed by atoms with Gasteiger partial charge in [0.2, 0.25) is 0 Å². The van der Waals surface area contributed by atoms with E-state index >= 15 is 0 Å². The highest BCUT2D eigenvalue weighted by Gasteiger charge is 2.51. The van der Waals surface area contributed by atoms with Crippen LogP contribution in [0.15, 0.2) is 111 Å². The highest BCUT2D eigenvalue weighted by Crippen LogP contribution is 2.58. The number of amidine groups is 1. The van der Waals surface area contributed by atoms with Crippen LogP contribution in [0.25, 0.3) is 33.4 Å². The molecule has 1 aliphatic carbocycles. The Kier molecular flexibility index (Phi) is 17.7. The topological polar surface area (TPSA) is 531 Å². The molecule has 11 atom stereocenters. The van der Waals surface area contributed by atoms with E-state index in [0.717, 1.165) is 13.7 Å². The van der Waals surface area contributed by atoms with Crippen molar-refractivity contribution in [1.29, 1.82) is 10.8 Å². The molecule has 3 fully saturated rings. The fourth-order valence-electron chi connectivity index (χ4n) is 9.58. The van der Waals surface area contributed by atoms with Gasteiger partial charge in [-0.25, -0.2) is 4.79 Å². The Labute approximate surface area is 476 Å². The van der Waals surface area contributed by atoms with Crippen LogP contribution < -0.4 is 49.4 Å². The highest BCUT2D eigenvalue weighted by atomic mass is 31.2. The van der Waals surface area contributed by atoms with Crippen molar-refractivity contribution < 1.29 is 101 Å². The van der Waals surface area contributed by atoms with Crippen LogP contribution in [0.4, 0.5) is 5.69 Å². The van der Waals surface area contributed by atoms with Crippen molar-refractivity contribution in [1.82, 2.24) is 28.7 Å². The van der Waals surface area contributed by atoms with Gasteiger partial charge in [-0.2, -0.15) is 60.7 Å². The van der Waals surface area contributed by atoms with Crippen LogP contribution in [0.1, 0.15) is 48.3 Å². The van der Waals surface area contributed by atoms with Gasteiger partial charge in [0.05, 0.1) is 24.0 Å². The predicted molar refractivity (Wildman–Crippen MR) is 279 cm³/mol. The first-order valence-corrected chi connectivity index (χ1v) is 28.0. The molecule has 0 spiro atoms. The van der Waals surface area contributed by atoms with E-state index < -0.39 is 128 Å². The quantitative estimate of drug-likeness (QED) is 0.0158. The van der Waals surface area contributed by atoms with E-state index in [4.69, 9.17) is 74.5 Å². The number of fused-ring (bicyclic) bond motifs is 2. The Morgan fingerprint density at radius 2 is 1.28 bits per heavy atom. The van der Waals surface area contributed by atoms with Gasteiger partial charge in [0.25, 0.3) is 18.0 Å². The number of aliphatic hydroxyl groups is 3. The van der Waals surface area contributed by atoms with Crippen molar-refractivity contribution in [2.75, 3.05) is 19.8 Å². The van der Waals surface area contributed by atoms with Crippen LogP contribution in [0.2, 0.25) is 0 Å². The Balaban J connectivity index is 0.891. The number of nitrogens with zero attached hydrogens (tertiary/aromatic N) is 8. The van der Waals surface area contributed by atoms with Gasteiger partial charge in [-0.05, 0) is 60.2 Å². The van der Waals surface area contributed by atoms with E-state index in [2.05, 4.69) is 29.8 Å². The van der Waals surface area contributed by atoms with Gasteiger partial charge < -0.3 is 69.0 Å². The molecule has 3 aromatic heterocycles. The van der Waals surface area contributed by atoms with E-state index in [1.54, 1.807) is 6.07 Å². The second kappa shape index (κ2) is 25.0. The molecule has 3 saturated heterocycles. The summed E-state index contributed by atoms with van der Waals surface area (Å²) < 4.78 is 58.9. The maximum atomic E-state index is 14.1. The number of benzene rings is 3. The summed E-state index contributed by atoms with van der Waals surface area (Å²) in [7, 11) is -9.85. The Hall–Kier alpha value is -7.87. The molecule has 0 saturated carbocycles. The average molecular weight is 1220 g/mol. The van der Waals surface area contributed by atoms with Crippen LogP contribution in [-0.4, -0.2) is 133 Å². The second-order valence-corrected chi connectivity index (χ2v) is 22.0. The van der Waals surface area contributed by atoms with Gasteiger partial charge in [0, 0.05) is 66.5 Å². The maximum Gasteiger partial charge on any atom is 0.403 e. The Bertz CT molecular complexity index is 3890. The number of hydrogen-bond donors (Lipinski definition) is 12. The van der Waals surface area contributed by atoms with Crippen LogP contribution in [0.3, 0.4) is 0 Å². The number of aromatic nitrogens is 6. The maximum absolute atomic E-state index is 14.1. The zero-order valence-electron chi connectivity index (χ0n) is 43.6. The average Bonchev–Trinajstić information content (AvgIpc) is 2.28. The van der Waals surface area contributed by atoms with E-state index in [0.29, 0.717) is 16.5 Å². The molecule has 2 unspecified atom stereocenters. The number of carbonyl (C=O) groups is 1. The number of aliphatic hydroxyl groups excluding tert-OH is 3. The van der Waals surface area contributed by atoms with Gasteiger partial charge in [-0.1, -0.05) is 15.3 Å². The number of aliphatic imine (C=N–C) groups is 1. The highest BCUT2D eigenvalue weighted by molar-refractivity contribution is 7.54. The van der Waals surface area contributed by atoms with Crippen LogP contribution >= 0.6 is 16.3 Å². The molecular weight excluding hydrogens is 1170 g/mol. The molecular formula is C48H51N13O22P2. The minimum Gasteiger partial charge on any atom is -0.604 e. The molecule has 0 radical (unpaired) electrons. The number of aromatic hydroxyl groups is 4. The lowest BCUT2D eigenvalue weighted by Crippen LogP contribution is -2.37. The van der Waals surface area contributed by atoms with Crippen LogP contribution in [0.5, 0.6) is 23.8 Å².